The largest absolute Gasteiger partial charge is 0.345 e. The highest BCUT2D eigenvalue weighted by Crippen LogP contribution is 2.18. The van der Waals surface area contributed by atoms with E-state index >= 15 is 0 Å². The maximum absolute atomic E-state index is 12.4. The zero-order valence-corrected chi connectivity index (χ0v) is 14.0. The summed E-state index contributed by atoms with van der Waals surface area (Å²) in [4.78, 5) is 18.5. The fourth-order valence-corrected chi connectivity index (χ4v) is 2.90. The zero-order valence-electron chi connectivity index (χ0n) is 13.2. The molecular weight excluding hydrogens is 288 g/mol. The molecule has 0 bridgehead atoms. The molecule has 21 heavy (non-hydrogen) atoms. The molecule has 1 amide bonds. The molecule has 120 valence electrons. The summed E-state index contributed by atoms with van der Waals surface area (Å²) in [5.41, 5.74) is 0. The van der Waals surface area contributed by atoms with Gasteiger partial charge in [0.05, 0.1) is 0 Å². The van der Waals surface area contributed by atoms with Crippen LogP contribution in [0.3, 0.4) is 0 Å². The summed E-state index contributed by atoms with van der Waals surface area (Å²) in [5.74, 6) is 1.54. The Balaban J connectivity index is 0.00000220. The number of hydrogen-bond donors (Lipinski definition) is 1. The maximum Gasteiger partial charge on any atom is 0.225 e. The van der Waals surface area contributed by atoms with Crippen molar-refractivity contribution in [2.45, 2.75) is 45.7 Å². The summed E-state index contributed by atoms with van der Waals surface area (Å²) >= 11 is 0. The van der Waals surface area contributed by atoms with Gasteiger partial charge < -0.3 is 14.8 Å². The summed E-state index contributed by atoms with van der Waals surface area (Å²) < 4.78 is 2.13. The lowest BCUT2D eigenvalue weighted by Gasteiger charge is -2.30. The van der Waals surface area contributed by atoms with Crippen molar-refractivity contribution in [3.05, 3.63) is 18.2 Å². The Hall–Kier alpha value is -1.07. The van der Waals surface area contributed by atoms with Crippen molar-refractivity contribution in [3.63, 3.8) is 0 Å². The molecule has 0 aliphatic carbocycles. The molecule has 1 fully saturated rings. The molecule has 1 aliphatic heterocycles. The second-order valence-corrected chi connectivity index (χ2v) is 5.86. The fourth-order valence-electron chi connectivity index (χ4n) is 2.90. The lowest BCUT2D eigenvalue weighted by molar-refractivity contribution is -0.135. The molecule has 0 aromatic carbocycles. The van der Waals surface area contributed by atoms with Crippen molar-refractivity contribution in [1.29, 1.82) is 0 Å². The molecule has 2 rings (SSSR count). The number of nitrogens with zero attached hydrogens (tertiary/aromatic N) is 3. The van der Waals surface area contributed by atoms with E-state index < -0.39 is 0 Å². The lowest BCUT2D eigenvalue weighted by atomic mass is 9.92. The minimum absolute atomic E-state index is 0. The van der Waals surface area contributed by atoms with Crippen LogP contribution >= 0.6 is 12.4 Å². The van der Waals surface area contributed by atoms with Crippen LogP contribution < -0.4 is 5.32 Å². The van der Waals surface area contributed by atoms with E-state index in [1.165, 1.54) is 0 Å². The average molecular weight is 315 g/mol. The predicted molar refractivity (Wildman–Crippen MR) is 86.7 cm³/mol. The Morgan fingerprint density at radius 1 is 1.57 bits per heavy atom. The van der Waals surface area contributed by atoms with Gasteiger partial charge in [-0.3, -0.25) is 4.79 Å². The normalized spacial score (nSPS) is 21.7. The third kappa shape index (κ3) is 5.00. The number of aryl methyl sites for hydroxylation is 2. The number of carbonyl (C=O) groups is 1. The van der Waals surface area contributed by atoms with Crippen molar-refractivity contribution in [2.75, 3.05) is 20.1 Å². The second kappa shape index (κ2) is 8.39. The van der Waals surface area contributed by atoms with E-state index in [0.717, 1.165) is 44.7 Å². The van der Waals surface area contributed by atoms with E-state index in [2.05, 4.69) is 21.8 Å². The Labute approximate surface area is 133 Å². The lowest BCUT2D eigenvalue weighted by Crippen LogP contribution is -2.43. The minimum atomic E-state index is 0. The molecule has 2 atom stereocenters. The Bertz CT molecular complexity index is 449. The summed E-state index contributed by atoms with van der Waals surface area (Å²) in [6.07, 6.45) is 6.71. The number of halogens is 1. The molecule has 1 aromatic rings. The van der Waals surface area contributed by atoms with Crippen LogP contribution in [0.25, 0.3) is 0 Å². The first-order valence-electron chi connectivity index (χ1n) is 7.54. The van der Waals surface area contributed by atoms with Crippen LogP contribution in [0.5, 0.6) is 0 Å². The minimum Gasteiger partial charge on any atom is -0.345 e. The van der Waals surface area contributed by atoms with Crippen LogP contribution in [0.1, 0.15) is 32.0 Å². The van der Waals surface area contributed by atoms with Gasteiger partial charge in [0.2, 0.25) is 5.91 Å². The molecule has 1 saturated heterocycles. The monoisotopic (exact) mass is 314 g/mol. The summed E-state index contributed by atoms with van der Waals surface area (Å²) in [7, 11) is 1.93. The van der Waals surface area contributed by atoms with Crippen LogP contribution in [0.15, 0.2) is 12.4 Å². The maximum atomic E-state index is 12.4. The molecule has 0 unspecified atom stereocenters. The number of aromatic nitrogens is 2. The van der Waals surface area contributed by atoms with Gasteiger partial charge in [0.25, 0.3) is 0 Å². The van der Waals surface area contributed by atoms with E-state index in [0.29, 0.717) is 11.9 Å². The quantitative estimate of drug-likeness (QED) is 0.902. The van der Waals surface area contributed by atoms with Crippen LogP contribution in [-0.2, 0) is 11.3 Å². The third-order valence-electron chi connectivity index (χ3n) is 4.17. The van der Waals surface area contributed by atoms with Gasteiger partial charge in [-0.15, -0.1) is 12.4 Å². The number of carbonyl (C=O) groups excluding carboxylic acids is 1. The van der Waals surface area contributed by atoms with Gasteiger partial charge >= 0.3 is 0 Å². The van der Waals surface area contributed by atoms with E-state index in [-0.39, 0.29) is 18.3 Å². The SMILES string of the molecule is Cc1nccn1CCCN(C)C(=O)[C@H]1CCN[C@@H](C)C1.Cl. The van der Waals surface area contributed by atoms with Crippen LogP contribution in [0.2, 0.25) is 0 Å². The van der Waals surface area contributed by atoms with Crippen molar-refractivity contribution in [3.8, 4) is 0 Å². The molecular formula is C15H27ClN4O. The molecule has 1 N–H and O–H groups in total. The van der Waals surface area contributed by atoms with Crippen LogP contribution in [-0.4, -0.2) is 46.5 Å². The van der Waals surface area contributed by atoms with Gasteiger partial charge in [-0.05, 0) is 39.7 Å². The van der Waals surface area contributed by atoms with E-state index in [1.807, 2.05) is 31.3 Å². The number of rotatable bonds is 5. The third-order valence-corrected chi connectivity index (χ3v) is 4.17. The number of hydrogen-bond acceptors (Lipinski definition) is 3. The summed E-state index contributed by atoms with van der Waals surface area (Å²) in [6.45, 7) is 6.85. The van der Waals surface area contributed by atoms with E-state index in [1.54, 1.807) is 0 Å². The number of nitrogens with one attached hydrogen (secondary N) is 1. The molecule has 0 radical (unpaired) electrons. The van der Waals surface area contributed by atoms with Crippen LogP contribution in [0.4, 0.5) is 0 Å². The first-order valence-corrected chi connectivity index (χ1v) is 7.54. The van der Waals surface area contributed by atoms with E-state index in [9.17, 15) is 4.79 Å². The number of amides is 1. The second-order valence-electron chi connectivity index (χ2n) is 5.86. The first-order chi connectivity index (χ1) is 9.58. The molecule has 1 aromatic heterocycles. The van der Waals surface area contributed by atoms with Gasteiger partial charge in [0.1, 0.15) is 5.82 Å². The van der Waals surface area contributed by atoms with Gasteiger partial charge in [0, 0.05) is 44.5 Å². The van der Waals surface area contributed by atoms with Crippen molar-refractivity contribution in [1.82, 2.24) is 19.8 Å². The zero-order chi connectivity index (χ0) is 14.5. The Morgan fingerprint density at radius 2 is 2.33 bits per heavy atom. The van der Waals surface area contributed by atoms with E-state index in [4.69, 9.17) is 0 Å². The molecule has 1 aliphatic rings. The molecule has 2 heterocycles. The van der Waals surface area contributed by atoms with Gasteiger partial charge in [0.15, 0.2) is 0 Å². The average Bonchev–Trinajstić information content (AvgIpc) is 2.83. The topological polar surface area (TPSA) is 50.2 Å². The summed E-state index contributed by atoms with van der Waals surface area (Å²) in [6, 6.07) is 0.458. The Morgan fingerprint density at radius 3 is 2.95 bits per heavy atom. The highest BCUT2D eigenvalue weighted by atomic mass is 35.5. The fraction of sp³-hybridized carbons (Fsp3) is 0.733. The number of imidazole rings is 1. The van der Waals surface area contributed by atoms with Gasteiger partial charge in [-0.25, -0.2) is 4.98 Å². The molecule has 0 saturated carbocycles. The van der Waals surface area contributed by atoms with Crippen molar-refractivity contribution >= 4 is 18.3 Å². The van der Waals surface area contributed by atoms with Gasteiger partial charge in [-0.2, -0.15) is 0 Å². The highest BCUT2D eigenvalue weighted by molar-refractivity contribution is 5.85. The first kappa shape index (κ1) is 18.0. The molecule has 0 spiro atoms. The van der Waals surface area contributed by atoms with Gasteiger partial charge in [-0.1, -0.05) is 0 Å². The number of piperidine rings is 1. The van der Waals surface area contributed by atoms with Crippen molar-refractivity contribution in [2.24, 2.45) is 5.92 Å². The predicted octanol–water partition coefficient (Wildman–Crippen LogP) is 1.85. The smallest absolute Gasteiger partial charge is 0.225 e. The van der Waals surface area contributed by atoms with Crippen molar-refractivity contribution < 1.29 is 4.79 Å². The Kier molecular flexibility index (Phi) is 7.18. The molecule has 5 nitrogen and oxygen atoms in total. The summed E-state index contributed by atoms with van der Waals surface area (Å²) in [5, 5.41) is 3.39. The molecule has 6 heteroatoms. The highest BCUT2D eigenvalue weighted by Gasteiger charge is 2.26. The van der Waals surface area contributed by atoms with Crippen LogP contribution in [0, 0.1) is 12.8 Å². The standard InChI is InChI=1S/C15H26N4O.ClH/c1-12-11-14(5-6-16-12)15(20)18(3)8-4-9-19-10-7-17-13(19)2;/h7,10,12,14,16H,4-6,8-9,11H2,1-3H3;1H/t12-,14-;/m0./s1.